The molecular formula is C30H30BrN5O5S. The third-order valence-electron chi connectivity index (χ3n) is 7.56. The predicted molar refractivity (Wildman–Crippen MR) is 163 cm³/mol. The average Bonchev–Trinajstić information content (AvgIpc) is 2.99. The SMILES string of the molecule is O=C(C[N+]12CCN(CC1)CC2)Nc1ccc(Br)cc1.O=S(=O)([O-])c1ccc(N=Nc2ccc(O)c3ccccc23)cc1. The number of amides is 1. The first-order valence-corrected chi connectivity index (χ1v) is 15.6. The molecule has 3 heterocycles. The number of carbonyl (C=O) groups is 1. The highest BCUT2D eigenvalue weighted by molar-refractivity contribution is 9.10. The van der Waals surface area contributed by atoms with Crippen molar-refractivity contribution in [3.05, 3.63) is 89.4 Å². The Balaban J connectivity index is 0.000000171. The summed E-state index contributed by atoms with van der Waals surface area (Å²) in [5.74, 6) is 0.294. The van der Waals surface area contributed by atoms with Crippen molar-refractivity contribution in [1.82, 2.24) is 4.90 Å². The van der Waals surface area contributed by atoms with Gasteiger partial charge in [0, 0.05) is 40.6 Å². The zero-order valence-corrected chi connectivity index (χ0v) is 25.1. The van der Waals surface area contributed by atoms with Gasteiger partial charge in [0.1, 0.15) is 15.9 Å². The molecule has 3 saturated heterocycles. The van der Waals surface area contributed by atoms with Gasteiger partial charge in [0.2, 0.25) is 0 Å². The summed E-state index contributed by atoms with van der Waals surface area (Å²) < 4.78 is 34.6. The number of azo groups is 1. The van der Waals surface area contributed by atoms with Crippen LogP contribution in [0, 0.1) is 0 Å². The van der Waals surface area contributed by atoms with Crippen molar-refractivity contribution in [1.29, 1.82) is 0 Å². The zero-order valence-electron chi connectivity index (χ0n) is 22.7. The fraction of sp³-hybridized carbons (Fsp3) is 0.233. The molecule has 2 N–H and O–H groups in total. The molecule has 42 heavy (non-hydrogen) atoms. The molecule has 2 bridgehead atoms. The van der Waals surface area contributed by atoms with Gasteiger partial charge < -0.3 is 19.5 Å². The monoisotopic (exact) mass is 651 g/mol. The second-order valence-corrected chi connectivity index (χ2v) is 12.7. The van der Waals surface area contributed by atoms with Crippen LogP contribution in [-0.4, -0.2) is 79.2 Å². The van der Waals surface area contributed by atoms with Gasteiger partial charge >= 0.3 is 0 Å². The minimum absolute atomic E-state index is 0.137. The number of hydrogen-bond donors (Lipinski definition) is 2. The number of phenols is 1. The van der Waals surface area contributed by atoms with Crippen LogP contribution in [0.5, 0.6) is 5.75 Å². The molecular weight excluding hydrogens is 622 g/mol. The normalized spacial score (nSPS) is 19.8. The lowest BCUT2D eigenvalue weighted by molar-refractivity contribution is -0.933. The number of phenolic OH excluding ortho intramolecular Hbond substituents is 1. The summed E-state index contributed by atoms with van der Waals surface area (Å²) in [5.41, 5.74) is 1.86. The van der Waals surface area contributed by atoms with Crippen molar-refractivity contribution in [2.24, 2.45) is 10.2 Å². The Morgan fingerprint density at radius 2 is 1.50 bits per heavy atom. The topological polar surface area (TPSA) is 134 Å². The van der Waals surface area contributed by atoms with Crippen LogP contribution in [0.15, 0.2) is 105 Å². The minimum Gasteiger partial charge on any atom is -0.744 e. The van der Waals surface area contributed by atoms with Gasteiger partial charge in [0.15, 0.2) is 6.54 Å². The van der Waals surface area contributed by atoms with Crippen molar-refractivity contribution >= 4 is 59.8 Å². The number of aromatic hydroxyl groups is 1. The molecule has 1 amide bonds. The quantitative estimate of drug-likeness (QED) is 0.163. The highest BCUT2D eigenvalue weighted by Crippen LogP contribution is 2.33. The molecule has 3 aliphatic rings. The molecule has 0 radical (unpaired) electrons. The van der Waals surface area contributed by atoms with Crippen LogP contribution in [-0.2, 0) is 14.9 Å². The number of benzene rings is 4. The van der Waals surface area contributed by atoms with Gasteiger partial charge in [0.05, 0.1) is 35.9 Å². The number of quaternary nitrogens is 1. The first-order valence-electron chi connectivity index (χ1n) is 13.4. The predicted octanol–water partition coefficient (Wildman–Crippen LogP) is 5.40. The number of rotatable bonds is 6. The molecule has 4 aromatic rings. The Morgan fingerprint density at radius 3 is 2.12 bits per heavy atom. The molecule has 10 nitrogen and oxygen atoms in total. The second kappa shape index (κ2) is 12.7. The van der Waals surface area contributed by atoms with Gasteiger partial charge in [0.25, 0.3) is 5.91 Å². The van der Waals surface area contributed by atoms with Crippen LogP contribution < -0.4 is 5.32 Å². The van der Waals surface area contributed by atoms with E-state index in [-0.39, 0.29) is 16.6 Å². The molecule has 12 heteroatoms. The average molecular weight is 653 g/mol. The van der Waals surface area contributed by atoms with E-state index in [1.165, 1.54) is 30.3 Å². The van der Waals surface area contributed by atoms with Crippen LogP contribution in [0.3, 0.4) is 0 Å². The summed E-state index contributed by atoms with van der Waals surface area (Å²) in [6.07, 6.45) is 0. The first-order chi connectivity index (χ1) is 20.1. The fourth-order valence-electron chi connectivity index (χ4n) is 5.15. The lowest BCUT2D eigenvalue weighted by atomic mass is 10.1. The molecule has 0 unspecified atom stereocenters. The van der Waals surface area contributed by atoms with E-state index >= 15 is 0 Å². The van der Waals surface area contributed by atoms with E-state index < -0.39 is 10.1 Å². The number of piperazine rings is 3. The maximum Gasteiger partial charge on any atom is 0.279 e. The molecule has 7 rings (SSSR count). The van der Waals surface area contributed by atoms with Gasteiger partial charge in [-0.3, -0.25) is 9.69 Å². The molecule has 0 aliphatic carbocycles. The molecule has 0 spiro atoms. The maximum absolute atomic E-state index is 12.2. The highest BCUT2D eigenvalue weighted by Gasteiger charge is 2.39. The number of nitrogens with zero attached hydrogens (tertiary/aromatic N) is 4. The largest absolute Gasteiger partial charge is 0.744 e. The van der Waals surface area contributed by atoms with E-state index in [1.807, 2.05) is 42.5 Å². The summed E-state index contributed by atoms with van der Waals surface area (Å²) in [5, 5.41) is 22.4. The summed E-state index contributed by atoms with van der Waals surface area (Å²) in [4.78, 5) is 14.4. The Morgan fingerprint density at radius 1 is 0.881 bits per heavy atom. The van der Waals surface area contributed by atoms with Crippen molar-refractivity contribution in [2.75, 3.05) is 51.1 Å². The molecule has 0 aromatic heterocycles. The number of halogens is 1. The number of carbonyl (C=O) groups excluding carboxylic acids is 1. The number of anilines is 1. The van der Waals surface area contributed by atoms with Gasteiger partial charge in [-0.05, 0) is 60.7 Å². The molecule has 218 valence electrons. The highest BCUT2D eigenvalue weighted by atomic mass is 79.9. The Labute approximate surface area is 252 Å². The standard InChI is InChI=1S/C16H12N2O4S.C14H18BrN3O/c19-16-10-9-15(13-3-1-2-4-14(13)16)18-17-11-5-7-12(8-6-11)23(20,21)22;15-12-1-3-13(4-2-12)16-14(19)11-18-8-5-17(6-9-18)7-10-18/h1-10,19H,(H,20,21,22);1-4H,5-11H2. The van der Waals surface area contributed by atoms with Crippen LogP contribution >= 0.6 is 15.9 Å². The lowest BCUT2D eigenvalue weighted by Gasteiger charge is -2.50. The van der Waals surface area contributed by atoms with Gasteiger partial charge in [-0.15, -0.1) is 5.11 Å². The maximum atomic E-state index is 12.2. The van der Waals surface area contributed by atoms with E-state index in [0.29, 0.717) is 23.3 Å². The van der Waals surface area contributed by atoms with E-state index in [2.05, 4.69) is 36.4 Å². The van der Waals surface area contributed by atoms with Crippen molar-refractivity contribution < 1.29 is 27.4 Å². The summed E-state index contributed by atoms with van der Waals surface area (Å²) in [6.45, 7) is 7.40. The Hall–Kier alpha value is -3.68. The second-order valence-electron chi connectivity index (χ2n) is 10.4. The van der Waals surface area contributed by atoms with E-state index in [0.717, 1.165) is 59.3 Å². The van der Waals surface area contributed by atoms with Crippen LogP contribution in [0.4, 0.5) is 17.1 Å². The molecule has 3 fully saturated rings. The summed E-state index contributed by atoms with van der Waals surface area (Å²) >= 11 is 3.40. The molecule has 0 saturated carbocycles. The third-order valence-corrected chi connectivity index (χ3v) is 8.93. The molecule has 4 aromatic carbocycles. The fourth-order valence-corrected chi connectivity index (χ4v) is 5.89. The molecule has 3 aliphatic heterocycles. The lowest BCUT2D eigenvalue weighted by Crippen LogP contribution is -2.68. The van der Waals surface area contributed by atoms with E-state index in [4.69, 9.17) is 0 Å². The number of hydrogen-bond acceptors (Lipinski definition) is 8. The van der Waals surface area contributed by atoms with Crippen LogP contribution in [0.1, 0.15) is 0 Å². The van der Waals surface area contributed by atoms with Crippen molar-refractivity contribution in [3.8, 4) is 5.75 Å². The van der Waals surface area contributed by atoms with Gasteiger partial charge in [-0.2, -0.15) is 5.11 Å². The van der Waals surface area contributed by atoms with Crippen molar-refractivity contribution in [3.63, 3.8) is 0 Å². The van der Waals surface area contributed by atoms with Crippen LogP contribution in [0.25, 0.3) is 10.8 Å². The number of nitrogens with one attached hydrogen (secondary N) is 1. The van der Waals surface area contributed by atoms with E-state index in [1.54, 1.807) is 12.1 Å². The van der Waals surface area contributed by atoms with Crippen LogP contribution in [0.2, 0.25) is 0 Å². The third kappa shape index (κ3) is 7.39. The van der Waals surface area contributed by atoms with Gasteiger partial charge in [-0.1, -0.05) is 40.2 Å². The Bertz CT molecular complexity index is 1690. The smallest absolute Gasteiger partial charge is 0.279 e. The van der Waals surface area contributed by atoms with Crippen molar-refractivity contribution in [2.45, 2.75) is 4.90 Å². The summed E-state index contributed by atoms with van der Waals surface area (Å²) in [7, 11) is -4.47. The molecule has 0 atom stereocenters. The van der Waals surface area contributed by atoms with E-state index in [9.17, 15) is 22.9 Å². The van der Waals surface area contributed by atoms with Gasteiger partial charge in [-0.25, -0.2) is 8.42 Å². The number of fused-ring (bicyclic) bond motifs is 4. The minimum atomic E-state index is -4.47. The first kappa shape index (κ1) is 29.8. The Kier molecular flexibility index (Phi) is 8.99. The summed E-state index contributed by atoms with van der Waals surface area (Å²) in [6, 6.07) is 23.3. The zero-order chi connectivity index (χ0) is 29.7.